The number of hydrogen-bond acceptors (Lipinski definition) is 10. The summed E-state index contributed by atoms with van der Waals surface area (Å²) >= 11 is 0. The normalized spacial score (nSPS) is 11.8. The highest BCUT2D eigenvalue weighted by molar-refractivity contribution is 5.68. The number of nitrogens with zero attached hydrogens (tertiary/aromatic N) is 3. The van der Waals surface area contributed by atoms with E-state index < -0.39 is 42.2 Å². The molecule has 0 saturated carbocycles. The van der Waals surface area contributed by atoms with Crippen LogP contribution in [0.1, 0.15) is 58.2 Å². The van der Waals surface area contributed by atoms with Crippen molar-refractivity contribution in [2.75, 3.05) is 23.8 Å². The summed E-state index contributed by atoms with van der Waals surface area (Å²) in [7, 11) is 0. The first-order valence-corrected chi connectivity index (χ1v) is 14.5. The molecule has 2 aromatic carbocycles. The van der Waals surface area contributed by atoms with Crippen LogP contribution in [-0.2, 0) is 29.0 Å². The van der Waals surface area contributed by atoms with E-state index in [-0.39, 0.29) is 25.0 Å². The Hall–Kier alpha value is -4.82. The number of halogens is 3. The zero-order chi connectivity index (χ0) is 34.0. The van der Waals surface area contributed by atoms with Crippen molar-refractivity contribution in [3.63, 3.8) is 0 Å². The highest BCUT2D eigenvalue weighted by Gasteiger charge is 2.29. The molecule has 0 spiro atoms. The van der Waals surface area contributed by atoms with E-state index in [9.17, 15) is 22.8 Å². The van der Waals surface area contributed by atoms with Gasteiger partial charge in [0.2, 0.25) is 11.9 Å². The molecule has 2 amide bonds. The van der Waals surface area contributed by atoms with Gasteiger partial charge in [0.25, 0.3) is 0 Å². The number of alkyl halides is 3. The average molecular weight is 648 g/mol. The van der Waals surface area contributed by atoms with Crippen molar-refractivity contribution in [1.82, 2.24) is 25.6 Å². The number of carbonyl (C=O) groups is 2. The molecule has 0 unspecified atom stereocenters. The number of carbonyl (C=O) groups excluding carboxylic acids is 2. The summed E-state index contributed by atoms with van der Waals surface area (Å²) in [5.74, 6) is -0.0545. The van der Waals surface area contributed by atoms with Crippen molar-refractivity contribution in [2.24, 2.45) is 0 Å². The fraction of sp³-hybridized carbons (Fsp3) is 0.452. The highest BCUT2D eigenvalue weighted by Crippen LogP contribution is 2.21. The summed E-state index contributed by atoms with van der Waals surface area (Å²) in [5, 5.41) is 11.3. The van der Waals surface area contributed by atoms with Crippen molar-refractivity contribution in [2.45, 2.75) is 78.4 Å². The van der Waals surface area contributed by atoms with Gasteiger partial charge in [-0.2, -0.15) is 28.1 Å². The molecule has 1 aromatic heterocycles. The van der Waals surface area contributed by atoms with Crippen molar-refractivity contribution < 1.29 is 37.0 Å². The summed E-state index contributed by atoms with van der Waals surface area (Å²) in [4.78, 5) is 36.0. The number of hydrogen-bond donors (Lipinski definition) is 4. The van der Waals surface area contributed by atoms with E-state index in [4.69, 9.17) is 14.2 Å². The monoisotopic (exact) mass is 647 g/mol. The number of benzene rings is 2. The molecule has 0 radical (unpaired) electrons. The lowest BCUT2D eigenvalue weighted by atomic mass is 10.1. The molecule has 250 valence electrons. The Morgan fingerprint density at radius 1 is 0.739 bits per heavy atom. The predicted octanol–water partition coefficient (Wildman–Crippen LogP) is 6.26. The number of aromatic nitrogens is 3. The van der Waals surface area contributed by atoms with Gasteiger partial charge < -0.3 is 35.5 Å². The van der Waals surface area contributed by atoms with Crippen LogP contribution in [0.4, 0.5) is 40.3 Å². The molecule has 0 bridgehead atoms. The van der Waals surface area contributed by atoms with E-state index in [0.29, 0.717) is 18.7 Å². The number of nitrogens with one attached hydrogen (secondary N) is 4. The van der Waals surface area contributed by atoms with Crippen LogP contribution < -0.4 is 26.0 Å². The molecular formula is C31H40F3N7O5. The third-order valence-electron chi connectivity index (χ3n) is 5.55. The zero-order valence-electron chi connectivity index (χ0n) is 26.7. The number of rotatable bonds is 12. The first-order valence-electron chi connectivity index (χ1n) is 14.5. The van der Waals surface area contributed by atoms with Crippen molar-refractivity contribution >= 4 is 29.8 Å². The number of ether oxygens (including phenoxy) is 3. The maximum absolute atomic E-state index is 12.8. The third-order valence-corrected chi connectivity index (χ3v) is 5.55. The summed E-state index contributed by atoms with van der Waals surface area (Å²) in [6.45, 7) is 9.92. The minimum absolute atomic E-state index is 0.00940. The molecule has 4 N–H and O–H groups in total. The molecule has 0 saturated heterocycles. The van der Waals surface area contributed by atoms with Gasteiger partial charge in [0, 0.05) is 25.3 Å². The molecule has 0 aliphatic rings. The smallest absolute Gasteiger partial charge is 0.422 e. The lowest BCUT2D eigenvalue weighted by Crippen LogP contribution is -2.33. The van der Waals surface area contributed by atoms with Crippen LogP contribution in [0.5, 0.6) is 6.01 Å². The largest absolute Gasteiger partial charge is 0.454 e. The Labute approximate surface area is 265 Å². The van der Waals surface area contributed by atoms with Gasteiger partial charge in [0.15, 0.2) is 6.61 Å². The quantitative estimate of drug-likeness (QED) is 0.178. The van der Waals surface area contributed by atoms with Gasteiger partial charge >= 0.3 is 24.4 Å². The fourth-order valence-electron chi connectivity index (χ4n) is 3.73. The van der Waals surface area contributed by atoms with E-state index in [2.05, 4.69) is 36.2 Å². The van der Waals surface area contributed by atoms with Crippen LogP contribution in [0.3, 0.4) is 0 Å². The summed E-state index contributed by atoms with van der Waals surface area (Å²) < 4.78 is 53.8. The fourth-order valence-corrected chi connectivity index (χ4v) is 3.73. The molecule has 0 fully saturated rings. The summed E-state index contributed by atoms with van der Waals surface area (Å²) in [6.07, 6.45) is -5.08. The van der Waals surface area contributed by atoms with Crippen LogP contribution in [0, 0.1) is 0 Å². The van der Waals surface area contributed by atoms with Crippen molar-refractivity contribution in [3.05, 3.63) is 65.2 Å². The second-order valence-corrected chi connectivity index (χ2v) is 12.2. The van der Waals surface area contributed by atoms with Crippen LogP contribution in [0.2, 0.25) is 0 Å². The Bertz CT molecular complexity index is 1460. The average Bonchev–Trinajstić information content (AvgIpc) is 2.93. The lowest BCUT2D eigenvalue weighted by Gasteiger charge is -2.19. The molecule has 3 aromatic rings. The molecule has 12 nitrogen and oxygen atoms in total. The van der Waals surface area contributed by atoms with E-state index in [0.717, 1.165) is 16.7 Å². The van der Waals surface area contributed by atoms with Crippen LogP contribution >= 0.6 is 0 Å². The molecule has 0 aliphatic carbocycles. The molecule has 46 heavy (non-hydrogen) atoms. The van der Waals surface area contributed by atoms with Crippen molar-refractivity contribution in [1.29, 1.82) is 0 Å². The second kappa shape index (κ2) is 15.5. The maximum atomic E-state index is 12.8. The highest BCUT2D eigenvalue weighted by atomic mass is 19.4. The SMILES string of the molecule is CC(C)(C)OC(=O)NCCc1cccc(CNc2nc(Nc3ccc(CNC(=O)OC(C)(C)C)cc3)nc(OCC(F)(F)F)n2)c1. The molecule has 3 rings (SSSR count). The number of alkyl carbamates (subject to hydrolysis) is 2. The topological polar surface area (TPSA) is 149 Å². The van der Waals surface area contributed by atoms with Gasteiger partial charge in [-0.05, 0) is 76.8 Å². The first kappa shape index (κ1) is 35.7. The zero-order valence-corrected chi connectivity index (χ0v) is 26.7. The molecule has 1 heterocycles. The lowest BCUT2D eigenvalue weighted by molar-refractivity contribution is -0.154. The number of anilines is 3. The van der Waals surface area contributed by atoms with Gasteiger partial charge in [-0.3, -0.25) is 0 Å². The van der Waals surface area contributed by atoms with Gasteiger partial charge in [0.05, 0.1) is 0 Å². The standard InChI is InChI=1S/C31H40F3N7O5/c1-29(2,3)45-27(42)35-15-14-20-8-7-9-22(16-20)18-36-24-39-25(41-26(40-24)44-19-31(32,33)34)38-23-12-10-21(11-13-23)17-37-28(43)46-30(4,5)6/h7-13,16H,14-15,17-19H2,1-6H3,(H,35,42)(H,37,43)(H2,36,38,39,40,41). The maximum Gasteiger partial charge on any atom is 0.422 e. The number of amides is 2. The predicted molar refractivity (Wildman–Crippen MR) is 166 cm³/mol. The van der Waals surface area contributed by atoms with Gasteiger partial charge in [-0.1, -0.05) is 36.4 Å². The molecule has 0 atom stereocenters. The van der Waals surface area contributed by atoms with Crippen LogP contribution in [-0.4, -0.2) is 57.7 Å². The molecule has 0 aliphatic heterocycles. The van der Waals surface area contributed by atoms with Gasteiger partial charge in [0.1, 0.15) is 11.2 Å². The summed E-state index contributed by atoms with van der Waals surface area (Å²) in [6, 6.07) is 13.9. The van der Waals surface area contributed by atoms with E-state index >= 15 is 0 Å². The van der Waals surface area contributed by atoms with Crippen molar-refractivity contribution in [3.8, 4) is 6.01 Å². The second-order valence-electron chi connectivity index (χ2n) is 12.2. The Balaban J connectivity index is 1.64. The third kappa shape index (κ3) is 14.3. The van der Waals surface area contributed by atoms with E-state index in [1.807, 2.05) is 24.3 Å². The van der Waals surface area contributed by atoms with Gasteiger partial charge in [-0.25, -0.2) is 9.59 Å². The minimum Gasteiger partial charge on any atom is -0.454 e. The van der Waals surface area contributed by atoms with E-state index in [1.54, 1.807) is 65.8 Å². The Morgan fingerprint density at radius 2 is 1.35 bits per heavy atom. The van der Waals surface area contributed by atoms with E-state index in [1.165, 1.54) is 0 Å². The van der Waals surface area contributed by atoms with Gasteiger partial charge in [-0.15, -0.1) is 0 Å². The van der Waals surface area contributed by atoms with Crippen LogP contribution in [0.25, 0.3) is 0 Å². The molecular weight excluding hydrogens is 607 g/mol. The van der Waals surface area contributed by atoms with Crippen LogP contribution in [0.15, 0.2) is 48.5 Å². The Morgan fingerprint density at radius 3 is 1.98 bits per heavy atom. The first-order chi connectivity index (χ1) is 21.4. The summed E-state index contributed by atoms with van der Waals surface area (Å²) in [5.41, 5.74) is 1.90. The Kier molecular flexibility index (Phi) is 12.0. The minimum atomic E-state index is -4.59. The molecule has 15 heteroatoms.